The van der Waals surface area contributed by atoms with Gasteiger partial charge in [-0.2, -0.15) is 5.10 Å². The van der Waals surface area contributed by atoms with Crippen LogP contribution in [-0.4, -0.2) is 22.7 Å². The maximum atomic E-state index is 5.41. The van der Waals surface area contributed by atoms with Gasteiger partial charge in [-0.15, -0.1) is 0 Å². The average molecular weight is 419 g/mol. The van der Waals surface area contributed by atoms with E-state index in [1.54, 1.807) is 7.11 Å². The van der Waals surface area contributed by atoms with Gasteiger partial charge in [-0.25, -0.2) is 9.67 Å². The highest BCUT2D eigenvalue weighted by atomic mass is 16.5. The van der Waals surface area contributed by atoms with Gasteiger partial charge in [0.2, 0.25) is 0 Å². The number of hydrogen-bond donors (Lipinski definition) is 0. The van der Waals surface area contributed by atoms with Crippen LogP contribution in [0.2, 0.25) is 0 Å². The lowest BCUT2D eigenvalue weighted by atomic mass is 9.92. The Morgan fingerprint density at radius 3 is 2.38 bits per heavy atom. The van der Waals surface area contributed by atoms with E-state index in [-0.39, 0.29) is 6.04 Å². The number of rotatable bonds is 3. The Morgan fingerprint density at radius 2 is 1.59 bits per heavy atom. The first kappa shape index (κ1) is 18.6. The van der Waals surface area contributed by atoms with Crippen LogP contribution in [0.3, 0.4) is 0 Å². The zero-order valence-electron chi connectivity index (χ0n) is 17.9. The number of aromatic nitrogens is 2. The van der Waals surface area contributed by atoms with Gasteiger partial charge in [-0.1, -0.05) is 48.5 Å². The summed E-state index contributed by atoms with van der Waals surface area (Å²) >= 11 is 0. The molecule has 0 bridgehead atoms. The Balaban J connectivity index is 1.62. The number of nitrogens with zero attached hydrogens (tertiary/aromatic N) is 4. The molecule has 5 nitrogen and oxygen atoms in total. The van der Waals surface area contributed by atoms with E-state index in [1.165, 1.54) is 11.1 Å². The molecule has 156 valence electrons. The predicted octanol–water partition coefficient (Wildman–Crippen LogP) is 5.86. The number of amidine groups is 1. The van der Waals surface area contributed by atoms with Crippen LogP contribution in [0.5, 0.6) is 5.75 Å². The average Bonchev–Trinajstić information content (AvgIpc) is 3.19. The van der Waals surface area contributed by atoms with Crippen molar-refractivity contribution in [1.29, 1.82) is 0 Å². The van der Waals surface area contributed by atoms with E-state index in [0.717, 1.165) is 40.0 Å². The molecule has 1 aromatic heterocycles. The first-order valence-electron chi connectivity index (χ1n) is 10.7. The van der Waals surface area contributed by atoms with Crippen molar-refractivity contribution in [2.24, 2.45) is 4.99 Å². The molecule has 3 heterocycles. The van der Waals surface area contributed by atoms with Gasteiger partial charge in [0.1, 0.15) is 11.6 Å². The number of anilines is 1. The molecule has 0 fully saturated rings. The van der Waals surface area contributed by atoms with E-state index >= 15 is 0 Å². The molecule has 0 unspecified atom stereocenters. The van der Waals surface area contributed by atoms with E-state index in [9.17, 15) is 0 Å². The summed E-state index contributed by atoms with van der Waals surface area (Å²) in [7, 11) is 1.69. The van der Waals surface area contributed by atoms with Crippen LogP contribution in [-0.2, 0) is 0 Å². The van der Waals surface area contributed by atoms with Crippen LogP contribution in [0.4, 0.5) is 11.5 Å². The van der Waals surface area contributed by atoms with Crippen LogP contribution in [0, 0.1) is 6.92 Å². The van der Waals surface area contributed by atoms with Gasteiger partial charge in [-0.3, -0.25) is 0 Å². The van der Waals surface area contributed by atoms with Crippen molar-refractivity contribution >= 4 is 23.4 Å². The highest BCUT2D eigenvalue weighted by Crippen LogP contribution is 2.46. The maximum Gasteiger partial charge on any atom is 0.163 e. The Labute approximate surface area is 186 Å². The summed E-state index contributed by atoms with van der Waals surface area (Å²) in [5.41, 5.74) is 6.59. The highest BCUT2D eigenvalue weighted by Gasteiger charge is 2.38. The van der Waals surface area contributed by atoms with Gasteiger partial charge in [0.15, 0.2) is 5.82 Å². The summed E-state index contributed by atoms with van der Waals surface area (Å²) in [4.78, 5) is 7.43. The lowest BCUT2D eigenvalue weighted by molar-refractivity contribution is 0.414. The van der Waals surface area contributed by atoms with Crippen LogP contribution in [0.1, 0.15) is 28.4 Å². The summed E-state index contributed by atoms with van der Waals surface area (Å²) in [6.45, 7) is 2.07. The number of aliphatic imine (C=N–C) groups is 1. The molecule has 5 heteroatoms. The fourth-order valence-electron chi connectivity index (χ4n) is 4.62. The molecular weight excluding hydrogens is 396 g/mol. The Hall–Kier alpha value is -4.12. The molecule has 0 spiro atoms. The van der Waals surface area contributed by atoms with Gasteiger partial charge in [0.25, 0.3) is 0 Å². The van der Waals surface area contributed by atoms with Gasteiger partial charge < -0.3 is 9.64 Å². The minimum absolute atomic E-state index is 0.0491. The van der Waals surface area contributed by atoms with E-state index in [0.29, 0.717) is 0 Å². The van der Waals surface area contributed by atoms with Gasteiger partial charge >= 0.3 is 0 Å². The highest BCUT2D eigenvalue weighted by molar-refractivity contribution is 6.14. The topological polar surface area (TPSA) is 42.6 Å². The fourth-order valence-corrected chi connectivity index (χ4v) is 4.62. The van der Waals surface area contributed by atoms with Crippen molar-refractivity contribution in [2.45, 2.75) is 13.0 Å². The molecule has 4 aromatic rings. The number of fused-ring (bicyclic) bond motifs is 4. The van der Waals surface area contributed by atoms with Gasteiger partial charge in [0, 0.05) is 5.56 Å². The van der Waals surface area contributed by atoms with Crippen molar-refractivity contribution in [3.63, 3.8) is 0 Å². The molecular formula is C27H22N4O. The summed E-state index contributed by atoms with van der Waals surface area (Å²) in [5, 5.41) is 4.92. The number of aryl methyl sites for hydroxylation is 1. The molecule has 0 aliphatic carbocycles. The Kier molecular flexibility index (Phi) is 4.21. The van der Waals surface area contributed by atoms with E-state index in [2.05, 4.69) is 72.5 Å². The molecule has 32 heavy (non-hydrogen) atoms. The minimum Gasteiger partial charge on any atom is -0.497 e. The van der Waals surface area contributed by atoms with E-state index in [4.69, 9.17) is 14.8 Å². The maximum absolute atomic E-state index is 5.41. The summed E-state index contributed by atoms with van der Waals surface area (Å²) in [5.74, 6) is 2.63. The zero-order valence-corrected chi connectivity index (χ0v) is 17.9. The quantitative estimate of drug-likeness (QED) is 0.419. The SMILES string of the molecule is COc1ccc([C@H]2c3c(C)nn(-c4ccccc4)c3N=C3C=Cc4ccccc4N32)cc1. The largest absolute Gasteiger partial charge is 0.497 e. The molecule has 2 aliphatic rings. The van der Waals surface area contributed by atoms with Crippen LogP contribution in [0.15, 0.2) is 89.9 Å². The van der Waals surface area contributed by atoms with Crippen molar-refractivity contribution in [3.8, 4) is 11.4 Å². The van der Waals surface area contributed by atoms with Crippen molar-refractivity contribution < 1.29 is 4.74 Å². The standard InChI is InChI=1S/C27H22N4O/c1-18-25-26(20-12-15-22(32-2)16-13-20)30-23-11-7-6-8-19(23)14-17-24(30)28-27(25)31(29-18)21-9-4-3-5-10-21/h3-17,26H,1-2H3/t26-/m0/s1. The Morgan fingerprint density at radius 1 is 0.844 bits per heavy atom. The summed E-state index contributed by atoms with van der Waals surface area (Å²) in [6.07, 6.45) is 4.23. The number of benzene rings is 3. The third-order valence-corrected chi connectivity index (χ3v) is 6.12. The predicted molar refractivity (Wildman–Crippen MR) is 128 cm³/mol. The Bertz CT molecular complexity index is 1370. The first-order valence-corrected chi connectivity index (χ1v) is 10.7. The van der Waals surface area contributed by atoms with Crippen LogP contribution < -0.4 is 9.64 Å². The molecule has 6 rings (SSSR count). The molecule has 1 atom stereocenters. The fraction of sp³-hybridized carbons (Fsp3) is 0.111. The van der Waals surface area contributed by atoms with E-state index < -0.39 is 0 Å². The number of hydrogen-bond acceptors (Lipinski definition) is 4. The molecule has 0 N–H and O–H groups in total. The molecule has 0 saturated heterocycles. The molecule has 2 aliphatic heterocycles. The number of para-hydroxylation sites is 2. The van der Waals surface area contributed by atoms with Gasteiger partial charge in [0.05, 0.1) is 30.2 Å². The third-order valence-electron chi connectivity index (χ3n) is 6.12. The van der Waals surface area contributed by atoms with Crippen molar-refractivity contribution in [1.82, 2.24) is 9.78 Å². The smallest absolute Gasteiger partial charge is 0.163 e. The second-order valence-corrected chi connectivity index (χ2v) is 7.98. The third kappa shape index (κ3) is 2.78. The van der Waals surface area contributed by atoms with Gasteiger partial charge in [-0.05, 0) is 60.5 Å². The van der Waals surface area contributed by atoms with E-state index in [1.807, 2.05) is 35.0 Å². The second-order valence-electron chi connectivity index (χ2n) is 7.98. The second kappa shape index (κ2) is 7.24. The summed E-state index contributed by atoms with van der Waals surface area (Å²) in [6, 6.07) is 26.9. The van der Waals surface area contributed by atoms with Crippen LogP contribution in [0.25, 0.3) is 11.8 Å². The number of methoxy groups -OCH3 is 1. The lowest BCUT2D eigenvalue weighted by Gasteiger charge is -2.39. The lowest BCUT2D eigenvalue weighted by Crippen LogP contribution is -2.38. The molecule has 0 radical (unpaired) electrons. The van der Waals surface area contributed by atoms with Crippen molar-refractivity contribution in [2.75, 3.05) is 12.0 Å². The monoisotopic (exact) mass is 418 g/mol. The normalized spacial score (nSPS) is 16.1. The molecule has 3 aromatic carbocycles. The minimum atomic E-state index is -0.0491. The van der Waals surface area contributed by atoms with Crippen LogP contribution >= 0.6 is 0 Å². The van der Waals surface area contributed by atoms with Crippen molar-refractivity contribution in [3.05, 3.63) is 107 Å². The molecule has 0 amide bonds. The number of ether oxygens (including phenoxy) is 1. The first-order chi connectivity index (χ1) is 15.7. The zero-order chi connectivity index (χ0) is 21.7. The molecule has 0 saturated carbocycles. The summed E-state index contributed by atoms with van der Waals surface area (Å²) < 4.78 is 7.37.